The highest BCUT2D eigenvalue weighted by Crippen LogP contribution is 2.30. The van der Waals surface area contributed by atoms with Crippen molar-refractivity contribution in [2.24, 2.45) is 0 Å². The maximum Gasteiger partial charge on any atom is 0.387 e. The summed E-state index contributed by atoms with van der Waals surface area (Å²) in [4.78, 5) is 13.7. The van der Waals surface area contributed by atoms with Crippen molar-refractivity contribution in [1.29, 1.82) is 0 Å². The number of ether oxygens (including phenoxy) is 1. The van der Waals surface area contributed by atoms with Crippen LogP contribution in [-0.4, -0.2) is 37.8 Å². The summed E-state index contributed by atoms with van der Waals surface area (Å²) in [5.74, 6) is -0.413. The molecule has 1 fully saturated rings. The maximum atomic E-state index is 12.9. The minimum absolute atomic E-state index is 0.00302. The van der Waals surface area contributed by atoms with Gasteiger partial charge in [-0.05, 0) is 56.5 Å². The van der Waals surface area contributed by atoms with Crippen LogP contribution < -0.4 is 10.1 Å². The van der Waals surface area contributed by atoms with Gasteiger partial charge in [0.1, 0.15) is 16.0 Å². The molecule has 2 unspecified atom stereocenters. The predicted octanol–water partition coefficient (Wildman–Crippen LogP) is 3.69. The van der Waals surface area contributed by atoms with Crippen LogP contribution in [0.4, 0.5) is 8.78 Å². The van der Waals surface area contributed by atoms with E-state index in [-0.39, 0.29) is 16.5 Å². The number of rotatable bonds is 7. The fraction of sp³-hybridized carbons (Fsp3) is 0.421. The SMILES string of the molecule is Cc1ccc(S(=O)(=O)N2CCCC2C(=O)NC(C)c2cccc(OC(F)F)c2)s1. The van der Waals surface area contributed by atoms with Crippen LogP contribution in [0.25, 0.3) is 0 Å². The summed E-state index contributed by atoms with van der Waals surface area (Å²) in [7, 11) is -3.75. The number of sulfonamides is 1. The number of benzene rings is 1. The molecule has 1 N–H and O–H groups in total. The van der Waals surface area contributed by atoms with Gasteiger partial charge in [0.15, 0.2) is 0 Å². The van der Waals surface area contributed by atoms with E-state index in [4.69, 9.17) is 0 Å². The van der Waals surface area contributed by atoms with Gasteiger partial charge in [0, 0.05) is 11.4 Å². The van der Waals surface area contributed by atoms with Gasteiger partial charge in [-0.3, -0.25) is 4.79 Å². The molecule has 0 spiro atoms. The van der Waals surface area contributed by atoms with Crippen LogP contribution in [0.3, 0.4) is 0 Å². The van der Waals surface area contributed by atoms with Crippen molar-refractivity contribution in [3.63, 3.8) is 0 Å². The van der Waals surface area contributed by atoms with E-state index in [2.05, 4.69) is 10.1 Å². The lowest BCUT2D eigenvalue weighted by Crippen LogP contribution is -2.46. The van der Waals surface area contributed by atoms with Crippen LogP contribution in [0, 0.1) is 6.92 Å². The average Bonchev–Trinajstić information content (AvgIpc) is 3.31. The minimum Gasteiger partial charge on any atom is -0.435 e. The Labute approximate surface area is 172 Å². The number of amides is 1. The van der Waals surface area contributed by atoms with Gasteiger partial charge in [0.05, 0.1) is 6.04 Å². The third-order valence-corrected chi connectivity index (χ3v) is 8.10. The molecular formula is C19H22F2N2O4S2. The molecule has 158 valence electrons. The largest absolute Gasteiger partial charge is 0.435 e. The zero-order chi connectivity index (χ0) is 21.2. The summed E-state index contributed by atoms with van der Waals surface area (Å²) in [5.41, 5.74) is 0.581. The molecule has 1 saturated heterocycles. The van der Waals surface area contributed by atoms with E-state index in [0.29, 0.717) is 18.4 Å². The molecule has 0 radical (unpaired) electrons. The van der Waals surface area contributed by atoms with E-state index in [1.165, 1.54) is 27.8 Å². The molecule has 0 bridgehead atoms. The van der Waals surface area contributed by atoms with Crippen molar-refractivity contribution in [2.75, 3.05) is 6.54 Å². The highest BCUT2D eigenvalue weighted by atomic mass is 32.2. The number of alkyl halides is 2. The molecule has 0 aliphatic carbocycles. The number of thiophene rings is 1. The monoisotopic (exact) mass is 444 g/mol. The van der Waals surface area contributed by atoms with Crippen molar-refractivity contribution in [1.82, 2.24) is 9.62 Å². The summed E-state index contributed by atoms with van der Waals surface area (Å²) < 4.78 is 56.5. The second kappa shape index (κ2) is 8.76. The lowest BCUT2D eigenvalue weighted by atomic mass is 10.1. The van der Waals surface area contributed by atoms with E-state index in [0.717, 1.165) is 4.88 Å². The fourth-order valence-corrected chi connectivity index (χ4v) is 6.38. The minimum atomic E-state index is -3.75. The number of halogens is 2. The highest BCUT2D eigenvalue weighted by Gasteiger charge is 2.40. The zero-order valence-electron chi connectivity index (χ0n) is 16.0. The molecule has 1 aromatic carbocycles. The summed E-state index contributed by atoms with van der Waals surface area (Å²) in [6, 6.07) is 8.05. The normalized spacial score (nSPS) is 18.7. The van der Waals surface area contributed by atoms with E-state index in [1.54, 1.807) is 31.2 Å². The number of nitrogens with one attached hydrogen (secondary N) is 1. The van der Waals surface area contributed by atoms with Gasteiger partial charge in [-0.2, -0.15) is 13.1 Å². The van der Waals surface area contributed by atoms with Crippen LogP contribution in [0.1, 0.15) is 36.2 Å². The summed E-state index contributed by atoms with van der Waals surface area (Å²) in [6.07, 6.45) is 1.02. The zero-order valence-corrected chi connectivity index (χ0v) is 17.6. The number of nitrogens with zero attached hydrogens (tertiary/aromatic N) is 1. The number of hydrogen-bond acceptors (Lipinski definition) is 5. The molecule has 0 saturated carbocycles. The molecule has 3 rings (SSSR count). The van der Waals surface area contributed by atoms with Crippen molar-refractivity contribution in [3.05, 3.63) is 46.8 Å². The lowest BCUT2D eigenvalue weighted by Gasteiger charge is -2.24. The number of hydrogen-bond donors (Lipinski definition) is 1. The topological polar surface area (TPSA) is 75.7 Å². The number of carbonyl (C=O) groups is 1. The maximum absolute atomic E-state index is 12.9. The Hall–Kier alpha value is -2.04. The van der Waals surface area contributed by atoms with Crippen LogP contribution in [0.5, 0.6) is 5.75 Å². The average molecular weight is 445 g/mol. The molecular weight excluding hydrogens is 422 g/mol. The Morgan fingerprint density at radius 3 is 2.72 bits per heavy atom. The Balaban J connectivity index is 1.73. The Kier molecular flexibility index (Phi) is 6.55. The molecule has 1 aromatic heterocycles. The second-order valence-corrected chi connectivity index (χ2v) is 10.2. The summed E-state index contributed by atoms with van der Waals surface area (Å²) in [6.45, 7) is 0.873. The second-order valence-electron chi connectivity index (χ2n) is 6.82. The van der Waals surface area contributed by atoms with Gasteiger partial charge in [0.2, 0.25) is 5.91 Å². The first kappa shape index (κ1) is 21.7. The van der Waals surface area contributed by atoms with Crippen LogP contribution >= 0.6 is 11.3 Å². The van der Waals surface area contributed by atoms with Crippen LogP contribution in [-0.2, 0) is 14.8 Å². The van der Waals surface area contributed by atoms with E-state index < -0.39 is 34.6 Å². The number of aryl methyl sites for hydroxylation is 1. The standard InChI is InChI=1S/C19H22F2N2O4S2/c1-12-8-9-17(28-12)29(25,26)23-10-4-7-16(23)18(24)22-13(2)14-5-3-6-15(11-14)27-19(20)21/h3,5-6,8-9,11,13,16,19H,4,7,10H2,1-2H3,(H,22,24). The van der Waals surface area contributed by atoms with Crippen molar-refractivity contribution in [2.45, 2.75) is 49.6 Å². The van der Waals surface area contributed by atoms with Gasteiger partial charge < -0.3 is 10.1 Å². The summed E-state index contributed by atoms with van der Waals surface area (Å²) >= 11 is 1.18. The van der Waals surface area contributed by atoms with E-state index >= 15 is 0 Å². The first-order valence-corrected chi connectivity index (χ1v) is 11.4. The molecule has 1 amide bonds. The van der Waals surface area contributed by atoms with E-state index in [9.17, 15) is 22.0 Å². The molecule has 29 heavy (non-hydrogen) atoms. The van der Waals surface area contributed by atoms with Gasteiger partial charge in [0.25, 0.3) is 10.0 Å². The van der Waals surface area contributed by atoms with Gasteiger partial charge >= 0.3 is 6.61 Å². The van der Waals surface area contributed by atoms with Gasteiger partial charge in [-0.25, -0.2) is 8.42 Å². The van der Waals surface area contributed by atoms with Crippen molar-refractivity contribution >= 4 is 27.3 Å². The summed E-state index contributed by atoms with van der Waals surface area (Å²) in [5, 5.41) is 2.79. The van der Waals surface area contributed by atoms with Crippen molar-refractivity contribution in [3.8, 4) is 5.75 Å². The van der Waals surface area contributed by atoms with Crippen LogP contribution in [0.15, 0.2) is 40.6 Å². The Morgan fingerprint density at radius 1 is 1.31 bits per heavy atom. The van der Waals surface area contributed by atoms with E-state index in [1.807, 2.05) is 6.92 Å². The molecule has 2 atom stereocenters. The molecule has 2 aromatic rings. The molecule has 6 nitrogen and oxygen atoms in total. The van der Waals surface area contributed by atoms with Crippen LogP contribution in [0.2, 0.25) is 0 Å². The fourth-order valence-electron chi connectivity index (χ4n) is 3.31. The first-order valence-electron chi connectivity index (χ1n) is 9.12. The molecule has 10 heteroatoms. The molecule has 2 heterocycles. The lowest BCUT2D eigenvalue weighted by molar-refractivity contribution is -0.124. The molecule has 1 aliphatic rings. The third-order valence-electron chi connectivity index (χ3n) is 4.73. The third kappa shape index (κ3) is 4.93. The smallest absolute Gasteiger partial charge is 0.387 e. The number of carbonyl (C=O) groups excluding carboxylic acids is 1. The van der Waals surface area contributed by atoms with Gasteiger partial charge in [-0.1, -0.05) is 12.1 Å². The van der Waals surface area contributed by atoms with Gasteiger partial charge in [-0.15, -0.1) is 11.3 Å². The predicted molar refractivity (Wildman–Crippen MR) is 106 cm³/mol. The Bertz CT molecular complexity index is 978. The Morgan fingerprint density at radius 2 is 2.07 bits per heavy atom. The molecule has 1 aliphatic heterocycles. The first-order chi connectivity index (χ1) is 13.7. The highest BCUT2D eigenvalue weighted by molar-refractivity contribution is 7.91. The quantitative estimate of drug-likeness (QED) is 0.707. The van der Waals surface area contributed by atoms with Crippen molar-refractivity contribution < 1.29 is 26.7 Å².